The molecule has 0 saturated heterocycles. The highest BCUT2D eigenvalue weighted by Crippen LogP contribution is 2.19. The third kappa shape index (κ3) is 5.07. The van der Waals surface area contributed by atoms with Gasteiger partial charge in [-0.1, -0.05) is 22.0 Å². The Kier molecular flexibility index (Phi) is 6.89. The monoisotopic (exact) mass is 470 g/mol. The Balaban J connectivity index is 1.53. The number of aromatic nitrogens is 2. The largest absolute Gasteiger partial charge is 0.508 e. The first-order valence-corrected chi connectivity index (χ1v) is 10.3. The molecule has 0 aliphatic heterocycles. The lowest BCUT2D eigenvalue weighted by molar-refractivity contribution is 0.0951. The van der Waals surface area contributed by atoms with Gasteiger partial charge >= 0.3 is 0 Å². The minimum atomic E-state index is -0.264. The van der Waals surface area contributed by atoms with Gasteiger partial charge in [0, 0.05) is 23.1 Å². The Morgan fingerprint density at radius 3 is 2.37 bits per heavy atom. The maximum absolute atomic E-state index is 12.7. The molecule has 8 heteroatoms. The van der Waals surface area contributed by atoms with Crippen molar-refractivity contribution in [2.45, 2.75) is 20.3 Å². The quantitative estimate of drug-likeness (QED) is 0.460. The van der Waals surface area contributed by atoms with Gasteiger partial charge in [0.15, 0.2) is 0 Å². The Morgan fingerprint density at radius 1 is 1.03 bits per heavy atom. The first-order chi connectivity index (χ1) is 14.4. The summed E-state index contributed by atoms with van der Waals surface area (Å²) >= 11 is 3.41. The Labute approximate surface area is 183 Å². The highest BCUT2D eigenvalue weighted by Gasteiger charge is 2.19. The van der Waals surface area contributed by atoms with E-state index < -0.39 is 0 Å². The van der Waals surface area contributed by atoms with E-state index in [1.807, 2.05) is 38.1 Å². The molecule has 0 aliphatic rings. The predicted molar refractivity (Wildman–Crippen MR) is 118 cm³/mol. The first kappa shape index (κ1) is 21.6. The predicted octanol–water partition coefficient (Wildman–Crippen LogP) is 3.51. The van der Waals surface area contributed by atoms with Gasteiger partial charge in [0.1, 0.15) is 5.75 Å². The van der Waals surface area contributed by atoms with Gasteiger partial charge in [-0.2, -0.15) is 5.10 Å². The number of carbonyl (C=O) groups is 2. The van der Waals surface area contributed by atoms with Gasteiger partial charge in [-0.15, -0.1) is 0 Å². The molecule has 0 saturated carbocycles. The van der Waals surface area contributed by atoms with E-state index in [4.69, 9.17) is 0 Å². The first-order valence-electron chi connectivity index (χ1n) is 9.54. The van der Waals surface area contributed by atoms with Gasteiger partial charge in [0.05, 0.1) is 22.6 Å². The van der Waals surface area contributed by atoms with Crippen LogP contribution in [-0.4, -0.2) is 39.8 Å². The molecule has 3 aromatic rings. The molecule has 1 heterocycles. The van der Waals surface area contributed by atoms with Crippen molar-refractivity contribution in [3.05, 3.63) is 75.5 Å². The number of phenolic OH excluding ortho intramolecular Hbond substituents is 1. The van der Waals surface area contributed by atoms with Crippen molar-refractivity contribution in [1.82, 2.24) is 20.4 Å². The second-order valence-corrected chi connectivity index (χ2v) is 7.77. The molecule has 2 amide bonds. The number of nitrogens with zero attached hydrogens (tertiary/aromatic N) is 2. The average Bonchev–Trinajstić information content (AvgIpc) is 3.02. The van der Waals surface area contributed by atoms with Crippen molar-refractivity contribution in [2.75, 3.05) is 13.1 Å². The summed E-state index contributed by atoms with van der Waals surface area (Å²) < 4.78 is 2.73. The molecule has 30 heavy (non-hydrogen) atoms. The molecule has 0 aliphatic carbocycles. The topological polar surface area (TPSA) is 96.3 Å². The van der Waals surface area contributed by atoms with Crippen LogP contribution in [0, 0.1) is 13.8 Å². The molecular weight excluding hydrogens is 448 g/mol. The van der Waals surface area contributed by atoms with Crippen LogP contribution in [0.4, 0.5) is 0 Å². The number of aromatic hydroxyl groups is 1. The van der Waals surface area contributed by atoms with Gasteiger partial charge in [-0.05, 0) is 62.7 Å². The number of halogens is 1. The van der Waals surface area contributed by atoms with Crippen LogP contribution in [0.2, 0.25) is 0 Å². The fourth-order valence-electron chi connectivity index (χ4n) is 3.13. The van der Waals surface area contributed by atoms with Gasteiger partial charge in [-0.3, -0.25) is 9.59 Å². The van der Waals surface area contributed by atoms with E-state index in [1.54, 1.807) is 16.8 Å². The maximum atomic E-state index is 12.7. The van der Waals surface area contributed by atoms with E-state index >= 15 is 0 Å². The zero-order valence-electron chi connectivity index (χ0n) is 16.8. The summed E-state index contributed by atoms with van der Waals surface area (Å²) in [4.78, 5) is 24.7. The van der Waals surface area contributed by atoms with Crippen LogP contribution in [0.25, 0.3) is 5.69 Å². The lowest BCUT2D eigenvalue weighted by atomic mass is 10.2. The number of hydrogen-bond donors (Lipinski definition) is 3. The number of carbonyl (C=O) groups excluding carboxylic acids is 2. The van der Waals surface area contributed by atoms with Crippen molar-refractivity contribution in [3.8, 4) is 11.4 Å². The van der Waals surface area contributed by atoms with Gasteiger partial charge in [-0.25, -0.2) is 4.68 Å². The molecule has 1 aromatic heterocycles. The zero-order chi connectivity index (χ0) is 21.7. The minimum Gasteiger partial charge on any atom is -0.508 e. The molecule has 2 aromatic carbocycles. The van der Waals surface area contributed by atoms with E-state index in [2.05, 4.69) is 31.7 Å². The number of benzene rings is 2. The van der Waals surface area contributed by atoms with Crippen LogP contribution in [-0.2, 0) is 0 Å². The molecule has 0 bridgehead atoms. The lowest BCUT2D eigenvalue weighted by Gasteiger charge is -2.08. The van der Waals surface area contributed by atoms with Gasteiger partial charge in [0.2, 0.25) is 0 Å². The fourth-order valence-corrected chi connectivity index (χ4v) is 3.40. The molecule has 0 atom stereocenters. The normalized spacial score (nSPS) is 10.6. The van der Waals surface area contributed by atoms with Crippen LogP contribution in [0.1, 0.15) is 38.5 Å². The molecule has 0 unspecified atom stereocenters. The third-order valence-electron chi connectivity index (χ3n) is 4.62. The lowest BCUT2D eigenvalue weighted by Crippen LogP contribution is -2.30. The van der Waals surface area contributed by atoms with E-state index in [-0.39, 0.29) is 17.6 Å². The highest BCUT2D eigenvalue weighted by atomic mass is 79.9. The average molecular weight is 471 g/mol. The van der Waals surface area contributed by atoms with Crippen LogP contribution in [0.3, 0.4) is 0 Å². The van der Waals surface area contributed by atoms with Crippen LogP contribution < -0.4 is 10.6 Å². The van der Waals surface area contributed by atoms with Crippen molar-refractivity contribution in [3.63, 3.8) is 0 Å². The molecule has 0 radical (unpaired) electrons. The summed E-state index contributed by atoms with van der Waals surface area (Å²) in [5.41, 5.74) is 3.26. The number of amides is 2. The molecule has 3 N–H and O–H groups in total. The van der Waals surface area contributed by atoms with Gasteiger partial charge in [0.25, 0.3) is 11.8 Å². The fraction of sp³-hybridized carbons (Fsp3) is 0.227. The summed E-state index contributed by atoms with van der Waals surface area (Å²) in [6.07, 6.45) is 0.579. The van der Waals surface area contributed by atoms with Crippen molar-refractivity contribution >= 4 is 27.7 Å². The van der Waals surface area contributed by atoms with E-state index in [9.17, 15) is 14.7 Å². The van der Waals surface area contributed by atoms with Crippen LogP contribution in [0.15, 0.2) is 53.0 Å². The molecule has 7 nitrogen and oxygen atoms in total. The second kappa shape index (κ2) is 9.58. The molecule has 0 fully saturated rings. The molecule has 156 valence electrons. The van der Waals surface area contributed by atoms with Crippen molar-refractivity contribution in [1.29, 1.82) is 0 Å². The van der Waals surface area contributed by atoms with E-state index in [0.717, 1.165) is 15.9 Å². The summed E-state index contributed by atoms with van der Waals surface area (Å²) in [5, 5.41) is 19.6. The van der Waals surface area contributed by atoms with E-state index in [1.165, 1.54) is 12.1 Å². The van der Waals surface area contributed by atoms with E-state index in [0.29, 0.717) is 36.3 Å². The molecule has 3 rings (SSSR count). The van der Waals surface area contributed by atoms with Crippen molar-refractivity contribution < 1.29 is 14.7 Å². The highest BCUT2D eigenvalue weighted by molar-refractivity contribution is 9.10. The Hall–Kier alpha value is -3.13. The molecule has 0 spiro atoms. The van der Waals surface area contributed by atoms with Gasteiger partial charge < -0.3 is 15.7 Å². The van der Waals surface area contributed by atoms with Crippen molar-refractivity contribution in [2.24, 2.45) is 0 Å². The maximum Gasteiger partial charge on any atom is 0.255 e. The number of nitrogens with one attached hydrogen (secondary N) is 2. The van der Waals surface area contributed by atoms with Crippen LogP contribution in [0.5, 0.6) is 5.75 Å². The number of hydrogen-bond acceptors (Lipinski definition) is 4. The number of aryl methyl sites for hydroxylation is 1. The summed E-state index contributed by atoms with van der Waals surface area (Å²) in [6.45, 7) is 4.51. The second-order valence-electron chi connectivity index (χ2n) is 6.85. The minimum absolute atomic E-state index is 0.0457. The zero-order valence-corrected chi connectivity index (χ0v) is 18.4. The number of rotatable bonds is 7. The SMILES string of the molecule is Cc1nn(-c2ccc(Br)cc2)c(C)c1C(=O)NCCCNC(=O)c1cccc(O)c1. The molecular formula is C22H23BrN4O3. The Morgan fingerprint density at radius 2 is 1.70 bits per heavy atom. The summed E-state index contributed by atoms with van der Waals surface area (Å²) in [5.74, 6) is -0.406. The summed E-state index contributed by atoms with van der Waals surface area (Å²) in [6, 6.07) is 13.9. The standard InChI is InChI=1S/C22H23BrN4O3/c1-14-20(15(2)27(26-14)18-9-7-17(23)8-10-18)22(30)25-12-4-11-24-21(29)16-5-3-6-19(28)13-16/h3,5-10,13,28H,4,11-12H2,1-2H3,(H,24,29)(H,25,30). The Bertz CT molecular complexity index is 1060. The van der Waals surface area contributed by atoms with Crippen LogP contribution >= 0.6 is 15.9 Å². The smallest absolute Gasteiger partial charge is 0.255 e. The number of phenols is 1. The third-order valence-corrected chi connectivity index (χ3v) is 5.15. The summed E-state index contributed by atoms with van der Waals surface area (Å²) in [7, 11) is 0.